The molecule has 0 aliphatic heterocycles. The van der Waals surface area contributed by atoms with Crippen LogP contribution in [-0.4, -0.2) is 25.6 Å². The number of carbonyl (C=O) groups is 1. The molecule has 5 heteroatoms. The number of carbonyl (C=O) groups excluding carboxylic acids is 1. The van der Waals surface area contributed by atoms with E-state index >= 15 is 0 Å². The van der Waals surface area contributed by atoms with Crippen LogP contribution in [0.15, 0.2) is 16.6 Å². The zero-order valence-corrected chi connectivity index (χ0v) is 13.9. The normalized spacial score (nSPS) is 12.1. The molecule has 0 aliphatic carbocycles. The van der Waals surface area contributed by atoms with Crippen molar-refractivity contribution in [1.82, 2.24) is 5.32 Å². The molecule has 3 N–H and O–H groups in total. The van der Waals surface area contributed by atoms with Crippen molar-refractivity contribution in [3.63, 3.8) is 0 Å². The molecule has 1 rings (SSSR count). The average molecular weight is 343 g/mol. The van der Waals surface area contributed by atoms with Gasteiger partial charge in [0.15, 0.2) is 0 Å². The fourth-order valence-electron chi connectivity index (χ4n) is 2.04. The molecule has 0 bridgehead atoms. The number of ether oxygens (including phenoxy) is 1. The minimum absolute atomic E-state index is 0.0388. The Kier molecular flexibility index (Phi) is 7.02. The minimum Gasteiger partial charge on any atom is -0.493 e. The summed E-state index contributed by atoms with van der Waals surface area (Å²) in [5.74, 6) is 0.930. The zero-order chi connectivity index (χ0) is 15.1. The molecule has 0 saturated carbocycles. The van der Waals surface area contributed by atoms with Crippen LogP contribution in [-0.2, 0) is 11.2 Å². The smallest absolute Gasteiger partial charge is 0.219 e. The van der Waals surface area contributed by atoms with E-state index in [0.29, 0.717) is 19.4 Å². The molecule has 0 heterocycles. The molecular weight excluding hydrogens is 320 g/mol. The molecule has 1 atom stereocenters. The van der Waals surface area contributed by atoms with Crippen LogP contribution in [0, 0.1) is 6.92 Å². The summed E-state index contributed by atoms with van der Waals surface area (Å²) in [6, 6.07) is 4.15. The number of hydrogen-bond donors (Lipinski definition) is 2. The second-order valence-electron chi connectivity index (χ2n) is 5.02. The van der Waals surface area contributed by atoms with Crippen molar-refractivity contribution in [2.75, 3.05) is 13.7 Å². The first-order chi connectivity index (χ1) is 9.43. The quantitative estimate of drug-likeness (QED) is 0.748. The molecule has 0 radical (unpaired) electrons. The number of nitrogens with two attached hydrogens (primary N) is 1. The third-order valence-electron chi connectivity index (χ3n) is 2.93. The maximum absolute atomic E-state index is 11.2. The molecule has 112 valence electrons. The van der Waals surface area contributed by atoms with Gasteiger partial charge in [-0.1, -0.05) is 15.9 Å². The summed E-state index contributed by atoms with van der Waals surface area (Å²) in [5, 5.41) is 2.60. The largest absolute Gasteiger partial charge is 0.493 e. The van der Waals surface area contributed by atoms with Crippen LogP contribution in [0.25, 0.3) is 0 Å². The van der Waals surface area contributed by atoms with Crippen LogP contribution < -0.4 is 15.8 Å². The number of halogens is 1. The van der Waals surface area contributed by atoms with E-state index in [1.807, 2.05) is 26.0 Å². The van der Waals surface area contributed by atoms with Crippen LogP contribution >= 0.6 is 15.9 Å². The zero-order valence-electron chi connectivity index (χ0n) is 12.3. The van der Waals surface area contributed by atoms with Gasteiger partial charge in [0.1, 0.15) is 5.75 Å². The van der Waals surface area contributed by atoms with Crippen LogP contribution in [0.5, 0.6) is 5.75 Å². The topological polar surface area (TPSA) is 64.3 Å². The second-order valence-corrected chi connectivity index (χ2v) is 5.93. The molecule has 0 aliphatic rings. The van der Waals surface area contributed by atoms with Gasteiger partial charge in [-0.3, -0.25) is 4.79 Å². The average Bonchev–Trinajstić information content (AvgIpc) is 2.35. The van der Waals surface area contributed by atoms with Crippen molar-refractivity contribution in [3.05, 3.63) is 27.7 Å². The molecule has 0 saturated heterocycles. The van der Waals surface area contributed by atoms with Gasteiger partial charge in [0.25, 0.3) is 0 Å². The predicted octanol–water partition coefficient (Wildman–Crippen LogP) is 2.55. The molecule has 0 aromatic heterocycles. The standard InChI is InChI=1S/C15H23BrN2O2/c1-10-7-13(16)9-12(8-11(2)17)15(10)20-6-4-5-14(19)18-3/h7,9,11H,4-6,8,17H2,1-3H3,(H,18,19). The Balaban J connectivity index is 2.70. The molecule has 1 aromatic rings. The van der Waals surface area contributed by atoms with Crippen LogP contribution in [0.3, 0.4) is 0 Å². The van der Waals surface area contributed by atoms with Crippen molar-refractivity contribution in [3.8, 4) is 5.75 Å². The van der Waals surface area contributed by atoms with Crippen molar-refractivity contribution >= 4 is 21.8 Å². The van der Waals surface area contributed by atoms with Gasteiger partial charge in [0.05, 0.1) is 6.61 Å². The van der Waals surface area contributed by atoms with Crippen molar-refractivity contribution in [1.29, 1.82) is 0 Å². The summed E-state index contributed by atoms with van der Waals surface area (Å²) < 4.78 is 6.89. The third-order valence-corrected chi connectivity index (χ3v) is 3.39. The molecule has 4 nitrogen and oxygen atoms in total. The lowest BCUT2D eigenvalue weighted by Crippen LogP contribution is -2.19. The molecular formula is C15H23BrN2O2. The van der Waals surface area contributed by atoms with Gasteiger partial charge in [-0.2, -0.15) is 0 Å². The maximum atomic E-state index is 11.2. The number of hydrogen-bond acceptors (Lipinski definition) is 3. The molecule has 0 fully saturated rings. The number of amides is 1. The van der Waals surface area contributed by atoms with Crippen molar-refractivity contribution in [2.45, 2.75) is 39.2 Å². The molecule has 1 amide bonds. The first-order valence-corrected chi connectivity index (χ1v) is 7.61. The highest BCUT2D eigenvalue weighted by molar-refractivity contribution is 9.10. The van der Waals surface area contributed by atoms with Gasteiger partial charge < -0.3 is 15.8 Å². The lowest BCUT2D eigenvalue weighted by atomic mass is 10.0. The Labute approximate surface area is 129 Å². The van der Waals surface area contributed by atoms with E-state index in [2.05, 4.69) is 21.2 Å². The monoisotopic (exact) mass is 342 g/mol. The van der Waals surface area contributed by atoms with Gasteiger partial charge in [0, 0.05) is 24.0 Å². The first-order valence-electron chi connectivity index (χ1n) is 6.82. The van der Waals surface area contributed by atoms with E-state index in [9.17, 15) is 4.79 Å². The van der Waals surface area contributed by atoms with E-state index in [1.54, 1.807) is 7.05 Å². The summed E-state index contributed by atoms with van der Waals surface area (Å²) in [4.78, 5) is 11.2. The van der Waals surface area contributed by atoms with Crippen molar-refractivity contribution in [2.24, 2.45) is 5.73 Å². The van der Waals surface area contributed by atoms with Gasteiger partial charge in [-0.25, -0.2) is 0 Å². The fourth-order valence-corrected chi connectivity index (χ4v) is 2.66. The van der Waals surface area contributed by atoms with Gasteiger partial charge >= 0.3 is 0 Å². The number of benzene rings is 1. The summed E-state index contributed by atoms with van der Waals surface area (Å²) in [5.41, 5.74) is 8.06. The highest BCUT2D eigenvalue weighted by atomic mass is 79.9. The number of nitrogens with one attached hydrogen (secondary N) is 1. The summed E-state index contributed by atoms with van der Waals surface area (Å²) in [7, 11) is 1.64. The van der Waals surface area contributed by atoms with Gasteiger partial charge in [-0.05, 0) is 49.9 Å². The van der Waals surface area contributed by atoms with Crippen LogP contribution in [0.2, 0.25) is 0 Å². The molecule has 1 unspecified atom stereocenters. The summed E-state index contributed by atoms with van der Waals surface area (Å²) >= 11 is 3.50. The first kappa shape index (κ1) is 17.0. The van der Waals surface area contributed by atoms with E-state index in [4.69, 9.17) is 10.5 Å². The highest BCUT2D eigenvalue weighted by Gasteiger charge is 2.11. The maximum Gasteiger partial charge on any atom is 0.219 e. The van der Waals surface area contributed by atoms with Crippen molar-refractivity contribution < 1.29 is 9.53 Å². The Morgan fingerprint density at radius 2 is 2.20 bits per heavy atom. The predicted molar refractivity (Wildman–Crippen MR) is 85.0 cm³/mol. The summed E-state index contributed by atoms with van der Waals surface area (Å²) in [6.07, 6.45) is 1.95. The second kappa shape index (κ2) is 8.27. The van der Waals surface area contributed by atoms with Crippen LogP contribution in [0.4, 0.5) is 0 Å². The summed E-state index contributed by atoms with van der Waals surface area (Å²) in [6.45, 7) is 4.52. The number of aryl methyl sites for hydroxylation is 1. The fraction of sp³-hybridized carbons (Fsp3) is 0.533. The Bertz CT molecular complexity index is 461. The Morgan fingerprint density at radius 3 is 2.80 bits per heavy atom. The number of rotatable bonds is 7. The molecule has 20 heavy (non-hydrogen) atoms. The highest BCUT2D eigenvalue weighted by Crippen LogP contribution is 2.29. The van der Waals surface area contributed by atoms with Gasteiger partial charge in [-0.15, -0.1) is 0 Å². The van der Waals surface area contributed by atoms with E-state index in [-0.39, 0.29) is 11.9 Å². The molecule has 0 spiro atoms. The third kappa shape index (κ3) is 5.51. The Hall–Kier alpha value is -1.07. The van der Waals surface area contributed by atoms with E-state index in [1.165, 1.54) is 0 Å². The SMILES string of the molecule is CNC(=O)CCCOc1c(C)cc(Br)cc1CC(C)N. The lowest BCUT2D eigenvalue weighted by molar-refractivity contribution is -0.120. The lowest BCUT2D eigenvalue weighted by Gasteiger charge is -2.16. The Morgan fingerprint density at radius 1 is 1.50 bits per heavy atom. The molecule has 1 aromatic carbocycles. The minimum atomic E-state index is 0.0388. The van der Waals surface area contributed by atoms with E-state index < -0.39 is 0 Å². The van der Waals surface area contributed by atoms with Crippen LogP contribution in [0.1, 0.15) is 30.9 Å². The van der Waals surface area contributed by atoms with E-state index in [0.717, 1.165) is 27.8 Å². The van der Waals surface area contributed by atoms with Gasteiger partial charge in [0.2, 0.25) is 5.91 Å².